The van der Waals surface area contributed by atoms with Crippen molar-refractivity contribution in [1.82, 2.24) is 30.0 Å². The summed E-state index contributed by atoms with van der Waals surface area (Å²) in [5, 5.41) is 10.7. The van der Waals surface area contributed by atoms with Crippen molar-refractivity contribution in [3.8, 4) is 5.95 Å². The fourth-order valence-electron chi connectivity index (χ4n) is 1.99. The van der Waals surface area contributed by atoms with E-state index >= 15 is 0 Å². The van der Waals surface area contributed by atoms with Crippen LogP contribution in [0.4, 0.5) is 10.5 Å². The first-order chi connectivity index (χ1) is 11.7. The van der Waals surface area contributed by atoms with Gasteiger partial charge in [-0.3, -0.25) is 0 Å². The average Bonchev–Trinajstić information content (AvgIpc) is 3.25. The number of aromatic nitrogens is 5. The first-order valence-electron chi connectivity index (χ1n) is 7.55. The van der Waals surface area contributed by atoms with Gasteiger partial charge in [-0.25, -0.2) is 24.4 Å². The molecule has 124 valence electrons. The van der Waals surface area contributed by atoms with Crippen molar-refractivity contribution < 1.29 is 4.79 Å². The van der Waals surface area contributed by atoms with Crippen molar-refractivity contribution in [1.29, 1.82) is 0 Å². The lowest BCUT2D eigenvalue weighted by Crippen LogP contribution is -2.30. The Kier molecular flexibility index (Phi) is 5.12. The molecular formula is C15H17N7OS. The van der Waals surface area contributed by atoms with E-state index in [-0.39, 0.29) is 6.03 Å². The number of carbonyl (C=O) groups excluding carboxylic acids is 1. The summed E-state index contributed by atoms with van der Waals surface area (Å²) in [5.74, 6) is 0.446. The molecule has 0 aliphatic heterocycles. The number of aryl methyl sites for hydroxylation is 1. The van der Waals surface area contributed by atoms with E-state index in [1.54, 1.807) is 42.2 Å². The van der Waals surface area contributed by atoms with Crippen molar-refractivity contribution in [3.05, 3.63) is 46.9 Å². The quantitative estimate of drug-likeness (QED) is 0.714. The number of urea groups is 1. The largest absolute Gasteiger partial charge is 0.337 e. The summed E-state index contributed by atoms with van der Waals surface area (Å²) in [5.41, 5.74) is 0.572. The number of amides is 2. The zero-order valence-corrected chi connectivity index (χ0v) is 14.0. The summed E-state index contributed by atoms with van der Waals surface area (Å²) in [6.07, 6.45) is 10.1. The number of carbonyl (C=O) groups is 1. The summed E-state index contributed by atoms with van der Waals surface area (Å²) >= 11 is 1.68. The number of nitrogens with one attached hydrogen (secondary N) is 2. The second-order valence-electron chi connectivity index (χ2n) is 4.93. The third kappa shape index (κ3) is 4.13. The normalized spacial score (nSPS) is 10.5. The molecule has 0 fully saturated rings. The van der Waals surface area contributed by atoms with E-state index < -0.39 is 0 Å². The molecule has 0 saturated carbocycles. The maximum absolute atomic E-state index is 11.9. The van der Waals surface area contributed by atoms with Gasteiger partial charge in [0.2, 0.25) is 5.95 Å². The number of rotatable bonds is 6. The van der Waals surface area contributed by atoms with Crippen LogP contribution in [0.25, 0.3) is 5.95 Å². The van der Waals surface area contributed by atoms with Crippen LogP contribution in [0.1, 0.15) is 16.8 Å². The van der Waals surface area contributed by atoms with Crippen LogP contribution in [-0.4, -0.2) is 37.3 Å². The molecule has 0 aromatic carbocycles. The van der Waals surface area contributed by atoms with Gasteiger partial charge in [-0.1, -0.05) is 6.92 Å². The van der Waals surface area contributed by atoms with Crippen LogP contribution in [-0.2, 0) is 12.8 Å². The molecule has 3 aromatic rings. The molecule has 0 radical (unpaired) electrons. The number of nitrogens with zero attached hydrogens (tertiary/aromatic N) is 5. The molecule has 0 aliphatic rings. The lowest BCUT2D eigenvalue weighted by Gasteiger charge is -2.04. The number of anilines is 1. The highest BCUT2D eigenvalue weighted by Crippen LogP contribution is 2.13. The number of hydrogen-bond donors (Lipinski definition) is 2. The highest BCUT2D eigenvalue weighted by Gasteiger charge is 2.07. The summed E-state index contributed by atoms with van der Waals surface area (Å²) in [7, 11) is 0. The highest BCUT2D eigenvalue weighted by molar-refractivity contribution is 7.11. The van der Waals surface area contributed by atoms with Gasteiger partial charge in [0, 0.05) is 36.4 Å². The van der Waals surface area contributed by atoms with Crippen LogP contribution in [0.15, 0.2) is 37.1 Å². The molecule has 0 atom stereocenters. The van der Waals surface area contributed by atoms with E-state index in [0.717, 1.165) is 17.8 Å². The van der Waals surface area contributed by atoms with Crippen LogP contribution in [0.3, 0.4) is 0 Å². The standard InChI is InChI=1S/C15H17N7OS/c1-2-12-9-19-13(24-12)4-7-18-15(23)21-11-8-20-22(10-11)14-16-5-3-6-17-14/h3,5-6,8-10H,2,4,7H2,1H3,(H2,18,21,23). The Morgan fingerprint density at radius 3 is 2.83 bits per heavy atom. The van der Waals surface area contributed by atoms with Crippen LogP contribution >= 0.6 is 11.3 Å². The van der Waals surface area contributed by atoms with Gasteiger partial charge < -0.3 is 10.6 Å². The lowest BCUT2D eigenvalue weighted by molar-refractivity contribution is 0.252. The molecule has 0 spiro atoms. The van der Waals surface area contributed by atoms with Gasteiger partial charge in [-0.15, -0.1) is 11.3 Å². The first-order valence-corrected chi connectivity index (χ1v) is 8.36. The van der Waals surface area contributed by atoms with Crippen molar-refractivity contribution in [3.63, 3.8) is 0 Å². The van der Waals surface area contributed by atoms with Crippen LogP contribution in [0, 0.1) is 0 Å². The lowest BCUT2D eigenvalue weighted by atomic mass is 10.4. The van der Waals surface area contributed by atoms with E-state index in [1.165, 1.54) is 9.56 Å². The second-order valence-corrected chi connectivity index (χ2v) is 6.13. The Hall–Kier alpha value is -2.81. The van der Waals surface area contributed by atoms with E-state index in [0.29, 0.717) is 18.2 Å². The molecule has 3 heterocycles. The first kappa shape index (κ1) is 16.1. The van der Waals surface area contributed by atoms with Crippen LogP contribution in [0.2, 0.25) is 0 Å². The van der Waals surface area contributed by atoms with Gasteiger partial charge in [0.05, 0.1) is 23.1 Å². The molecule has 2 amide bonds. The van der Waals surface area contributed by atoms with Crippen molar-refractivity contribution in [2.75, 3.05) is 11.9 Å². The van der Waals surface area contributed by atoms with Crippen molar-refractivity contribution in [2.45, 2.75) is 19.8 Å². The van der Waals surface area contributed by atoms with E-state index in [1.807, 2.05) is 6.20 Å². The monoisotopic (exact) mass is 343 g/mol. The van der Waals surface area contributed by atoms with Crippen LogP contribution < -0.4 is 10.6 Å². The van der Waals surface area contributed by atoms with Crippen LogP contribution in [0.5, 0.6) is 0 Å². The molecule has 9 heteroatoms. The average molecular weight is 343 g/mol. The third-order valence-electron chi connectivity index (χ3n) is 3.17. The Labute approximate surface area is 143 Å². The van der Waals surface area contributed by atoms with Gasteiger partial charge in [-0.05, 0) is 12.5 Å². The predicted octanol–water partition coefficient (Wildman–Crippen LogP) is 2.05. The van der Waals surface area contributed by atoms with Crippen molar-refractivity contribution in [2.24, 2.45) is 0 Å². The molecular weight excluding hydrogens is 326 g/mol. The zero-order valence-electron chi connectivity index (χ0n) is 13.1. The molecule has 8 nitrogen and oxygen atoms in total. The Morgan fingerprint density at radius 1 is 1.25 bits per heavy atom. The minimum Gasteiger partial charge on any atom is -0.337 e. The Morgan fingerprint density at radius 2 is 2.08 bits per heavy atom. The number of thiazole rings is 1. The van der Waals surface area contributed by atoms with E-state index in [2.05, 4.69) is 37.6 Å². The summed E-state index contributed by atoms with van der Waals surface area (Å²) in [6, 6.07) is 1.45. The molecule has 2 N–H and O–H groups in total. The van der Waals surface area contributed by atoms with Gasteiger partial charge in [0.25, 0.3) is 0 Å². The Bertz CT molecular complexity index is 799. The molecule has 0 unspecified atom stereocenters. The number of hydrogen-bond acceptors (Lipinski definition) is 6. The fourth-order valence-corrected chi connectivity index (χ4v) is 2.85. The van der Waals surface area contributed by atoms with Gasteiger partial charge >= 0.3 is 6.03 Å². The molecule has 0 saturated heterocycles. The zero-order chi connectivity index (χ0) is 16.8. The highest BCUT2D eigenvalue weighted by atomic mass is 32.1. The molecule has 3 rings (SSSR count). The Balaban J connectivity index is 1.47. The fraction of sp³-hybridized carbons (Fsp3) is 0.267. The molecule has 24 heavy (non-hydrogen) atoms. The summed E-state index contributed by atoms with van der Waals surface area (Å²) in [6.45, 7) is 2.63. The third-order valence-corrected chi connectivity index (χ3v) is 4.37. The second kappa shape index (κ2) is 7.64. The molecule has 0 aliphatic carbocycles. The SMILES string of the molecule is CCc1cnc(CCNC(=O)Nc2cnn(-c3ncccn3)c2)s1. The summed E-state index contributed by atoms with van der Waals surface area (Å²) in [4.78, 5) is 25.7. The minimum absolute atomic E-state index is 0.282. The van der Waals surface area contributed by atoms with E-state index in [9.17, 15) is 4.79 Å². The molecule has 0 bridgehead atoms. The van der Waals surface area contributed by atoms with Gasteiger partial charge in [-0.2, -0.15) is 5.10 Å². The topological polar surface area (TPSA) is 97.6 Å². The smallest absolute Gasteiger partial charge is 0.319 e. The van der Waals surface area contributed by atoms with E-state index in [4.69, 9.17) is 0 Å². The minimum atomic E-state index is -0.282. The van der Waals surface area contributed by atoms with Crippen molar-refractivity contribution >= 4 is 23.1 Å². The molecule has 3 aromatic heterocycles. The maximum atomic E-state index is 11.9. The maximum Gasteiger partial charge on any atom is 0.319 e. The van der Waals surface area contributed by atoms with Gasteiger partial charge in [0.1, 0.15) is 0 Å². The summed E-state index contributed by atoms with van der Waals surface area (Å²) < 4.78 is 1.50. The predicted molar refractivity (Wildman–Crippen MR) is 91.4 cm³/mol. The van der Waals surface area contributed by atoms with Gasteiger partial charge in [0.15, 0.2) is 0 Å².